The third kappa shape index (κ3) is 3.01. The molecule has 0 aromatic rings. The van der Waals surface area contributed by atoms with E-state index in [2.05, 4.69) is 12.2 Å². The number of allylic oxidation sites excluding steroid dienone is 2. The molecule has 2 aliphatic rings. The number of carboxylic acid groups (broad SMARTS) is 1. The number of rotatable bonds is 7. The van der Waals surface area contributed by atoms with Gasteiger partial charge >= 0.3 is 5.97 Å². The molecular weight excluding hydrogens is 228 g/mol. The monoisotopic (exact) mass is 250 g/mol. The molecule has 2 rings (SSSR count). The van der Waals surface area contributed by atoms with E-state index in [0.717, 1.165) is 18.8 Å². The molecule has 0 radical (unpaired) electrons. The van der Waals surface area contributed by atoms with E-state index in [9.17, 15) is 9.59 Å². The van der Waals surface area contributed by atoms with Crippen molar-refractivity contribution in [2.75, 3.05) is 0 Å². The number of hydrogen-bond donors (Lipinski definition) is 1. The number of aliphatic carboxylic acids is 1. The number of unbranched alkanes of at least 4 members (excludes halogenated alkanes) is 1. The third-order valence-electron chi connectivity index (χ3n) is 4.65. The lowest BCUT2D eigenvalue weighted by atomic mass is 9.78. The zero-order chi connectivity index (χ0) is 13.0. The Labute approximate surface area is 108 Å². The second-order valence-corrected chi connectivity index (χ2v) is 5.70. The third-order valence-corrected chi connectivity index (χ3v) is 4.65. The number of carboxylic acids is 1. The molecule has 0 aliphatic heterocycles. The van der Waals surface area contributed by atoms with Gasteiger partial charge in [0.05, 0.1) is 0 Å². The Hall–Kier alpha value is -1.12. The highest BCUT2D eigenvalue weighted by atomic mass is 16.4. The van der Waals surface area contributed by atoms with Crippen molar-refractivity contribution in [3.8, 4) is 0 Å². The summed E-state index contributed by atoms with van der Waals surface area (Å²) in [6.45, 7) is 0. The Morgan fingerprint density at radius 2 is 2.00 bits per heavy atom. The van der Waals surface area contributed by atoms with E-state index in [4.69, 9.17) is 5.11 Å². The zero-order valence-electron chi connectivity index (χ0n) is 10.8. The van der Waals surface area contributed by atoms with Crippen LogP contribution < -0.4 is 0 Å². The van der Waals surface area contributed by atoms with E-state index < -0.39 is 5.97 Å². The smallest absolute Gasteiger partial charge is 0.303 e. The van der Waals surface area contributed by atoms with Crippen molar-refractivity contribution in [1.29, 1.82) is 0 Å². The van der Waals surface area contributed by atoms with Crippen molar-refractivity contribution >= 4 is 12.3 Å². The number of carbonyl (C=O) groups is 2. The maximum Gasteiger partial charge on any atom is 0.303 e. The average Bonchev–Trinajstić information content (AvgIpc) is 2.93. The lowest BCUT2D eigenvalue weighted by Crippen LogP contribution is -2.22. The SMILES string of the molecule is O=CC1C2CCC(C2)C1C/C=C\CCCC(=O)O. The molecular formula is C15H22O3. The molecule has 18 heavy (non-hydrogen) atoms. The van der Waals surface area contributed by atoms with Gasteiger partial charge in [0.2, 0.25) is 0 Å². The van der Waals surface area contributed by atoms with Gasteiger partial charge in [-0.2, -0.15) is 0 Å². The summed E-state index contributed by atoms with van der Waals surface area (Å²) in [7, 11) is 0. The van der Waals surface area contributed by atoms with Crippen LogP contribution in [0, 0.1) is 23.7 Å². The molecule has 2 bridgehead atoms. The van der Waals surface area contributed by atoms with Gasteiger partial charge in [0.1, 0.15) is 6.29 Å². The van der Waals surface area contributed by atoms with E-state index >= 15 is 0 Å². The zero-order valence-corrected chi connectivity index (χ0v) is 10.8. The topological polar surface area (TPSA) is 54.4 Å². The summed E-state index contributed by atoms with van der Waals surface area (Å²) in [6, 6.07) is 0. The predicted octanol–water partition coefficient (Wildman–Crippen LogP) is 3.05. The molecule has 4 atom stereocenters. The van der Waals surface area contributed by atoms with Gasteiger partial charge in [-0.05, 0) is 56.3 Å². The number of fused-ring (bicyclic) bond motifs is 2. The highest BCUT2D eigenvalue weighted by molar-refractivity contribution is 5.66. The molecule has 2 aliphatic carbocycles. The Kier molecular flexibility index (Phi) is 4.56. The summed E-state index contributed by atoms with van der Waals surface area (Å²) in [5.41, 5.74) is 0. The van der Waals surface area contributed by atoms with E-state index in [-0.39, 0.29) is 12.3 Å². The normalized spacial score (nSPS) is 34.2. The van der Waals surface area contributed by atoms with Crippen LogP contribution in [0.5, 0.6) is 0 Å². The van der Waals surface area contributed by atoms with Gasteiger partial charge in [0, 0.05) is 12.3 Å². The number of carbonyl (C=O) groups excluding carboxylic acids is 1. The van der Waals surface area contributed by atoms with Gasteiger partial charge in [0.25, 0.3) is 0 Å². The highest BCUT2D eigenvalue weighted by Crippen LogP contribution is 2.52. The van der Waals surface area contributed by atoms with Crippen molar-refractivity contribution in [3.63, 3.8) is 0 Å². The van der Waals surface area contributed by atoms with Gasteiger partial charge in [-0.1, -0.05) is 12.2 Å². The van der Waals surface area contributed by atoms with Gasteiger partial charge in [-0.25, -0.2) is 0 Å². The Bertz CT molecular complexity index is 335. The van der Waals surface area contributed by atoms with Gasteiger partial charge < -0.3 is 9.90 Å². The van der Waals surface area contributed by atoms with Crippen LogP contribution in [0.4, 0.5) is 0 Å². The average molecular weight is 250 g/mol. The minimum Gasteiger partial charge on any atom is -0.481 e. The maximum atomic E-state index is 11.1. The van der Waals surface area contributed by atoms with E-state index in [0.29, 0.717) is 18.3 Å². The number of hydrogen-bond acceptors (Lipinski definition) is 2. The molecule has 1 N–H and O–H groups in total. The largest absolute Gasteiger partial charge is 0.481 e. The second-order valence-electron chi connectivity index (χ2n) is 5.70. The van der Waals surface area contributed by atoms with Crippen molar-refractivity contribution in [2.24, 2.45) is 23.7 Å². The molecule has 2 fully saturated rings. The standard InChI is InChI=1S/C15H22O3/c16-10-14-12-8-7-11(9-12)13(14)5-3-1-2-4-6-15(17)18/h1,3,10-14H,2,4-9H2,(H,17,18)/b3-1-. The van der Waals surface area contributed by atoms with Crippen molar-refractivity contribution in [2.45, 2.75) is 44.9 Å². The molecule has 3 heteroatoms. The summed E-state index contributed by atoms with van der Waals surface area (Å²) >= 11 is 0. The second kappa shape index (κ2) is 6.17. The lowest BCUT2D eigenvalue weighted by Gasteiger charge is -2.26. The fraction of sp³-hybridized carbons (Fsp3) is 0.733. The van der Waals surface area contributed by atoms with Gasteiger partial charge in [-0.15, -0.1) is 0 Å². The van der Waals surface area contributed by atoms with Crippen molar-refractivity contribution < 1.29 is 14.7 Å². The van der Waals surface area contributed by atoms with E-state index in [1.165, 1.54) is 25.5 Å². The first kappa shape index (κ1) is 13.3. The fourth-order valence-corrected chi connectivity index (χ4v) is 3.76. The molecule has 0 aromatic carbocycles. The van der Waals surface area contributed by atoms with E-state index in [1.54, 1.807) is 0 Å². The highest BCUT2D eigenvalue weighted by Gasteiger charge is 2.46. The van der Waals surface area contributed by atoms with E-state index in [1.807, 2.05) is 0 Å². The Morgan fingerprint density at radius 1 is 1.22 bits per heavy atom. The predicted molar refractivity (Wildman–Crippen MR) is 69.1 cm³/mol. The summed E-state index contributed by atoms with van der Waals surface area (Å²) in [5, 5.41) is 8.52. The molecule has 0 spiro atoms. The van der Waals surface area contributed by atoms with Crippen LogP contribution in [0.2, 0.25) is 0 Å². The Balaban J connectivity index is 1.71. The summed E-state index contributed by atoms with van der Waals surface area (Å²) in [6.07, 6.45) is 12.0. The summed E-state index contributed by atoms with van der Waals surface area (Å²) in [4.78, 5) is 21.5. The van der Waals surface area contributed by atoms with Crippen LogP contribution in [-0.2, 0) is 9.59 Å². The van der Waals surface area contributed by atoms with Crippen molar-refractivity contribution in [1.82, 2.24) is 0 Å². The van der Waals surface area contributed by atoms with Crippen LogP contribution in [0.25, 0.3) is 0 Å². The first-order chi connectivity index (χ1) is 8.72. The van der Waals surface area contributed by atoms with Gasteiger partial charge in [-0.3, -0.25) is 4.79 Å². The molecule has 0 saturated heterocycles. The Morgan fingerprint density at radius 3 is 2.72 bits per heavy atom. The maximum absolute atomic E-state index is 11.1. The molecule has 100 valence electrons. The molecule has 4 unspecified atom stereocenters. The number of aldehydes is 1. The first-order valence-corrected chi connectivity index (χ1v) is 7.04. The summed E-state index contributed by atoms with van der Waals surface area (Å²) < 4.78 is 0. The molecule has 2 saturated carbocycles. The minimum absolute atomic E-state index is 0.245. The molecule has 3 nitrogen and oxygen atoms in total. The van der Waals surface area contributed by atoms with Crippen LogP contribution >= 0.6 is 0 Å². The summed E-state index contributed by atoms with van der Waals surface area (Å²) in [5.74, 6) is 1.52. The molecule has 0 aromatic heterocycles. The molecule has 0 amide bonds. The lowest BCUT2D eigenvalue weighted by molar-refractivity contribution is -0.137. The van der Waals surface area contributed by atoms with Crippen LogP contribution in [0.3, 0.4) is 0 Å². The first-order valence-electron chi connectivity index (χ1n) is 7.04. The fourth-order valence-electron chi connectivity index (χ4n) is 3.76. The molecule has 0 heterocycles. The van der Waals surface area contributed by atoms with Gasteiger partial charge in [0.15, 0.2) is 0 Å². The minimum atomic E-state index is -0.725. The van der Waals surface area contributed by atoms with Crippen LogP contribution in [-0.4, -0.2) is 17.4 Å². The van der Waals surface area contributed by atoms with Crippen molar-refractivity contribution in [3.05, 3.63) is 12.2 Å². The van der Waals surface area contributed by atoms with Crippen LogP contribution in [0.1, 0.15) is 44.9 Å². The quantitative estimate of drug-likeness (QED) is 0.429. The van der Waals surface area contributed by atoms with Crippen LogP contribution in [0.15, 0.2) is 12.2 Å².